The van der Waals surface area contributed by atoms with Crippen LogP contribution in [0.15, 0.2) is 12.1 Å². The average Bonchev–Trinajstić information content (AvgIpc) is 2.30. The molecule has 0 amide bonds. The van der Waals surface area contributed by atoms with E-state index in [0.717, 1.165) is 0 Å². The van der Waals surface area contributed by atoms with Crippen LogP contribution in [-0.4, -0.2) is 25.9 Å². The van der Waals surface area contributed by atoms with Crippen molar-refractivity contribution in [3.8, 4) is 17.2 Å². The van der Waals surface area contributed by atoms with Crippen molar-refractivity contribution in [2.75, 3.05) is 20.8 Å². The summed E-state index contributed by atoms with van der Waals surface area (Å²) < 4.78 is 23.4. The molecule has 0 aliphatic heterocycles. The summed E-state index contributed by atoms with van der Waals surface area (Å²) in [5.74, 6) is -1.24. The molecular formula is C11H14FNO3. The van der Waals surface area contributed by atoms with Crippen molar-refractivity contribution in [1.29, 1.82) is 0 Å². The molecule has 0 saturated carbocycles. The highest BCUT2D eigenvalue weighted by Crippen LogP contribution is 2.38. The van der Waals surface area contributed by atoms with E-state index in [1.54, 1.807) is 6.08 Å². The number of methoxy groups -OCH3 is 2. The second kappa shape index (κ2) is 5.37. The molecule has 16 heavy (non-hydrogen) atoms. The van der Waals surface area contributed by atoms with Crippen LogP contribution >= 0.6 is 0 Å². The molecule has 0 radical (unpaired) electrons. The summed E-state index contributed by atoms with van der Waals surface area (Å²) in [6.45, 7) is 0.301. The summed E-state index contributed by atoms with van der Waals surface area (Å²) in [6.07, 6.45) is 3.11. The molecular weight excluding hydrogens is 213 g/mol. The molecule has 0 saturated heterocycles. The highest BCUT2D eigenvalue weighted by atomic mass is 19.1. The number of ether oxygens (including phenoxy) is 2. The Labute approximate surface area is 93.1 Å². The second-order valence-corrected chi connectivity index (χ2v) is 3.00. The van der Waals surface area contributed by atoms with Gasteiger partial charge in [0.15, 0.2) is 11.5 Å². The van der Waals surface area contributed by atoms with Gasteiger partial charge in [-0.1, -0.05) is 12.2 Å². The standard InChI is InChI=1S/C11H14FNO3/c1-15-8-6-7(4-3-5-13)10(14)9(12)11(8)16-2/h3-4,6,14H,5,13H2,1-2H3/b4-3+. The SMILES string of the molecule is COc1cc(/C=C/CN)c(O)c(F)c1OC. The summed E-state index contributed by atoms with van der Waals surface area (Å²) in [4.78, 5) is 0. The third-order valence-electron chi connectivity index (χ3n) is 2.05. The lowest BCUT2D eigenvalue weighted by Gasteiger charge is -2.11. The van der Waals surface area contributed by atoms with Crippen LogP contribution < -0.4 is 15.2 Å². The molecule has 0 aliphatic carbocycles. The van der Waals surface area contributed by atoms with Gasteiger partial charge in [0.1, 0.15) is 0 Å². The molecule has 0 fully saturated rings. The van der Waals surface area contributed by atoms with Crippen LogP contribution in [0.5, 0.6) is 17.2 Å². The van der Waals surface area contributed by atoms with Crippen molar-refractivity contribution >= 4 is 6.08 Å². The van der Waals surface area contributed by atoms with Crippen molar-refractivity contribution in [3.05, 3.63) is 23.5 Å². The van der Waals surface area contributed by atoms with E-state index in [0.29, 0.717) is 12.1 Å². The first-order valence-electron chi connectivity index (χ1n) is 4.65. The largest absolute Gasteiger partial charge is 0.504 e. The number of hydrogen-bond acceptors (Lipinski definition) is 4. The predicted octanol–water partition coefficient (Wildman–Crippen LogP) is 1.52. The lowest BCUT2D eigenvalue weighted by molar-refractivity contribution is 0.326. The molecule has 0 unspecified atom stereocenters. The molecule has 88 valence electrons. The van der Waals surface area contributed by atoms with E-state index in [1.165, 1.54) is 26.4 Å². The molecule has 5 heteroatoms. The van der Waals surface area contributed by atoms with Gasteiger partial charge in [0.25, 0.3) is 0 Å². The van der Waals surface area contributed by atoms with Crippen molar-refractivity contribution in [3.63, 3.8) is 0 Å². The lowest BCUT2D eigenvalue weighted by Crippen LogP contribution is -1.96. The molecule has 1 aromatic rings. The van der Waals surface area contributed by atoms with E-state index >= 15 is 0 Å². The number of phenolic OH excluding ortho intramolecular Hbond substituents is 1. The monoisotopic (exact) mass is 227 g/mol. The van der Waals surface area contributed by atoms with E-state index in [4.69, 9.17) is 15.2 Å². The normalized spacial score (nSPS) is 10.8. The van der Waals surface area contributed by atoms with Crippen LogP contribution in [0.2, 0.25) is 0 Å². The van der Waals surface area contributed by atoms with Gasteiger partial charge in [-0.2, -0.15) is 4.39 Å². The van der Waals surface area contributed by atoms with Gasteiger partial charge in [0.05, 0.1) is 14.2 Å². The van der Waals surface area contributed by atoms with Gasteiger partial charge >= 0.3 is 0 Å². The first-order chi connectivity index (χ1) is 7.65. The van der Waals surface area contributed by atoms with Crippen molar-refractivity contribution < 1.29 is 19.0 Å². The van der Waals surface area contributed by atoms with E-state index < -0.39 is 11.6 Å². The lowest BCUT2D eigenvalue weighted by atomic mass is 10.1. The van der Waals surface area contributed by atoms with E-state index in [1.807, 2.05) is 0 Å². The summed E-state index contributed by atoms with van der Waals surface area (Å²) in [6, 6.07) is 1.48. The van der Waals surface area contributed by atoms with Crippen LogP contribution in [0.3, 0.4) is 0 Å². The molecule has 1 aromatic carbocycles. The van der Waals surface area contributed by atoms with Crippen LogP contribution in [0, 0.1) is 5.82 Å². The molecule has 3 N–H and O–H groups in total. The highest BCUT2D eigenvalue weighted by Gasteiger charge is 2.17. The topological polar surface area (TPSA) is 64.7 Å². The summed E-state index contributed by atoms with van der Waals surface area (Å²) in [7, 11) is 2.69. The summed E-state index contributed by atoms with van der Waals surface area (Å²) >= 11 is 0. The van der Waals surface area contributed by atoms with E-state index in [9.17, 15) is 9.50 Å². The van der Waals surface area contributed by atoms with Crippen molar-refractivity contribution in [2.24, 2.45) is 5.73 Å². The fraction of sp³-hybridized carbons (Fsp3) is 0.273. The number of rotatable bonds is 4. The van der Waals surface area contributed by atoms with Gasteiger partial charge in [-0.15, -0.1) is 0 Å². The Morgan fingerprint density at radius 1 is 1.44 bits per heavy atom. The van der Waals surface area contributed by atoms with Crippen molar-refractivity contribution in [1.82, 2.24) is 0 Å². The summed E-state index contributed by atoms with van der Waals surface area (Å²) in [5.41, 5.74) is 5.57. The molecule has 4 nitrogen and oxygen atoms in total. The van der Waals surface area contributed by atoms with Crippen molar-refractivity contribution in [2.45, 2.75) is 0 Å². The van der Waals surface area contributed by atoms with Gasteiger partial charge in [-0.3, -0.25) is 0 Å². The van der Waals surface area contributed by atoms with Gasteiger partial charge in [-0.25, -0.2) is 0 Å². The molecule has 0 aliphatic rings. The van der Waals surface area contributed by atoms with Crippen LogP contribution in [0.4, 0.5) is 4.39 Å². The maximum Gasteiger partial charge on any atom is 0.211 e. The Morgan fingerprint density at radius 2 is 2.12 bits per heavy atom. The maximum atomic E-state index is 13.6. The minimum atomic E-state index is -0.849. The molecule has 0 spiro atoms. The Balaban J connectivity index is 3.32. The third-order valence-corrected chi connectivity index (χ3v) is 2.05. The number of aromatic hydroxyl groups is 1. The number of benzene rings is 1. The molecule has 1 rings (SSSR count). The minimum absolute atomic E-state index is 0.120. The Kier molecular flexibility index (Phi) is 4.13. The van der Waals surface area contributed by atoms with Crippen LogP contribution in [0.25, 0.3) is 6.08 Å². The van der Waals surface area contributed by atoms with Crippen LogP contribution in [0.1, 0.15) is 5.56 Å². The molecule has 0 aromatic heterocycles. The fourth-order valence-corrected chi connectivity index (χ4v) is 1.28. The van der Waals surface area contributed by atoms with Gasteiger partial charge in [-0.05, 0) is 6.07 Å². The molecule has 0 atom stereocenters. The zero-order valence-electron chi connectivity index (χ0n) is 9.16. The zero-order chi connectivity index (χ0) is 12.1. The second-order valence-electron chi connectivity index (χ2n) is 3.00. The fourth-order valence-electron chi connectivity index (χ4n) is 1.28. The Bertz CT molecular complexity index is 405. The number of nitrogens with two attached hydrogens (primary N) is 1. The first kappa shape index (κ1) is 12.3. The first-order valence-corrected chi connectivity index (χ1v) is 4.65. The Hall–Kier alpha value is -1.75. The van der Waals surface area contributed by atoms with Gasteiger partial charge in [0, 0.05) is 12.1 Å². The van der Waals surface area contributed by atoms with Gasteiger partial charge < -0.3 is 20.3 Å². The summed E-state index contributed by atoms with van der Waals surface area (Å²) in [5, 5.41) is 9.55. The van der Waals surface area contributed by atoms with Gasteiger partial charge in [0.2, 0.25) is 11.6 Å². The third kappa shape index (κ3) is 2.25. The highest BCUT2D eigenvalue weighted by molar-refractivity contribution is 5.63. The smallest absolute Gasteiger partial charge is 0.211 e. The zero-order valence-corrected chi connectivity index (χ0v) is 9.16. The number of halogens is 1. The number of hydrogen-bond donors (Lipinski definition) is 2. The number of phenols is 1. The van der Waals surface area contributed by atoms with E-state index in [2.05, 4.69) is 0 Å². The predicted molar refractivity (Wildman–Crippen MR) is 59.3 cm³/mol. The quantitative estimate of drug-likeness (QED) is 0.818. The van der Waals surface area contributed by atoms with Crippen LogP contribution in [-0.2, 0) is 0 Å². The van der Waals surface area contributed by atoms with E-state index in [-0.39, 0.29) is 11.5 Å². The molecule has 0 heterocycles. The molecule has 0 bridgehead atoms. The maximum absolute atomic E-state index is 13.6. The minimum Gasteiger partial charge on any atom is -0.504 e. The Morgan fingerprint density at radius 3 is 2.62 bits per heavy atom. The average molecular weight is 227 g/mol.